The molecule has 1 aromatic heterocycles. The maximum absolute atomic E-state index is 12.3. The fourth-order valence-corrected chi connectivity index (χ4v) is 5.19. The highest BCUT2D eigenvalue weighted by molar-refractivity contribution is 7.90. The molecule has 0 spiro atoms. The Morgan fingerprint density at radius 3 is 2.45 bits per heavy atom. The van der Waals surface area contributed by atoms with Gasteiger partial charge in [-0.1, -0.05) is 30.9 Å². The third-order valence-electron chi connectivity index (χ3n) is 3.91. The zero-order valence-corrected chi connectivity index (χ0v) is 13.5. The van der Waals surface area contributed by atoms with Gasteiger partial charge in [-0.2, -0.15) is 5.10 Å². The number of aliphatic hydroxyl groups is 1. The van der Waals surface area contributed by atoms with E-state index in [9.17, 15) is 13.5 Å². The molecular weight excluding hydrogens is 300 g/mol. The van der Waals surface area contributed by atoms with Crippen molar-refractivity contribution >= 4 is 21.4 Å². The summed E-state index contributed by atoms with van der Waals surface area (Å²) < 4.78 is 26.1. The second-order valence-electron chi connectivity index (χ2n) is 5.80. The van der Waals surface area contributed by atoms with Gasteiger partial charge in [0.2, 0.25) is 0 Å². The smallest absolute Gasteiger partial charge is 0.157 e. The molecule has 1 aromatic rings. The Labute approximate surface area is 124 Å². The Hall–Kier alpha value is -0.590. The van der Waals surface area contributed by atoms with Crippen LogP contribution in [-0.2, 0) is 22.6 Å². The molecule has 5 nitrogen and oxygen atoms in total. The predicted molar refractivity (Wildman–Crippen MR) is 78.5 cm³/mol. The molecule has 0 bridgehead atoms. The van der Waals surface area contributed by atoms with Crippen molar-refractivity contribution in [3.05, 3.63) is 16.4 Å². The Bertz CT molecular complexity index is 589. The van der Waals surface area contributed by atoms with Crippen LogP contribution in [0.25, 0.3) is 0 Å². The van der Waals surface area contributed by atoms with Crippen molar-refractivity contribution in [3.8, 4) is 0 Å². The molecule has 7 heteroatoms. The second-order valence-corrected chi connectivity index (χ2v) is 8.22. The predicted octanol–water partition coefficient (Wildman–Crippen LogP) is 1.99. The van der Waals surface area contributed by atoms with Crippen LogP contribution in [0, 0.1) is 6.92 Å². The summed E-state index contributed by atoms with van der Waals surface area (Å²) in [7, 11) is -1.73. The van der Waals surface area contributed by atoms with Gasteiger partial charge in [0.15, 0.2) is 9.84 Å². The first-order valence-electron chi connectivity index (χ1n) is 6.83. The molecule has 0 aromatic carbocycles. The van der Waals surface area contributed by atoms with Gasteiger partial charge in [-0.15, -0.1) is 0 Å². The van der Waals surface area contributed by atoms with Crippen LogP contribution in [0.1, 0.15) is 43.4 Å². The van der Waals surface area contributed by atoms with Crippen LogP contribution in [0.2, 0.25) is 5.15 Å². The molecule has 1 saturated carbocycles. The number of rotatable bonds is 4. The van der Waals surface area contributed by atoms with Crippen molar-refractivity contribution in [2.24, 2.45) is 7.05 Å². The minimum atomic E-state index is -3.41. The Morgan fingerprint density at radius 1 is 1.35 bits per heavy atom. The molecule has 0 aliphatic heterocycles. The lowest BCUT2D eigenvalue weighted by Crippen LogP contribution is -2.39. The van der Waals surface area contributed by atoms with E-state index in [-0.39, 0.29) is 11.5 Å². The van der Waals surface area contributed by atoms with Gasteiger partial charge in [0, 0.05) is 12.6 Å². The van der Waals surface area contributed by atoms with Crippen LogP contribution in [-0.4, -0.2) is 34.7 Å². The highest BCUT2D eigenvalue weighted by Gasteiger charge is 2.35. The molecule has 0 saturated heterocycles. The monoisotopic (exact) mass is 320 g/mol. The van der Waals surface area contributed by atoms with Crippen molar-refractivity contribution in [1.29, 1.82) is 0 Å². The number of aromatic nitrogens is 2. The lowest BCUT2D eigenvalue weighted by Gasteiger charge is -2.31. The maximum atomic E-state index is 12.3. The molecule has 1 N–H and O–H groups in total. The molecule has 0 radical (unpaired) electrons. The lowest BCUT2D eigenvalue weighted by molar-refractivity contribution is 0.0257. The highest BCUT2D eigenvalue weighted by atomic mass is 35.5. The standard InChI is InChI=1S/C13H21ClN2O3S/c1-10-11(12(14)16(2)15-10)8-20(18,19)9-13(17)6-4-3-5-7-13/h17H,3-9H2,1-2H3. The molecule has 0 unspecified atom stereocenters. The van der Waals surface area contributed by atoms with Gasteiger partial charge < -0.3 is 5.11 Å². The topological polar surface area (TPSA) is 72.2 Å². The largest absolute Gasteiger partial charge is 0.389 e. The molecule has 1 fully saturated rings. The molecule has 0 atom stereocenters. The van der Waals surface area contributed by atoms with E-state index in [4.69, 9.17) is 11.6 Å². The Balaban J connectivity index is 2.15. The van der Waals surface area contributed by atoms with Crippen LogP contribution >= 0.6 is 11.6 Å². The van der Waals surface area contributed by atoms with E-state index in [0.717, 1.165) is 19.3 Å². The summed E-state index contributed by atoms with van der Waals surface area (Å²) in [6, 6.07) is 0. The van der Waals surface area contributed by atoms with Crippen molar-refractivity contribution in [1.82, 2.24) is 9.78 Å². The molecule has 1 heterocycles. The van der Waals surface area contributed by atoms with Crippen LogP contribution in [0.5, 0.6) is 0 Å². The number of nitrogens with zero attached hydrogens (tertiary/aromatic N) is 2. The van der Waals surface area contributed by atoms with Gasteiger partial charge in [0.1, 0.15) is 5.15 Å². The maximum Gasteiger partial charge on any atom is 0.157 e. The first-order chi connectivity index (χ1) is 9.22. The minimum absolute atomic E-state index is 0.159. The minimum Gasteiger partial charge on any atom is -0.389 e. The summed E-state index contributed by atoms with van der Waals surface area (Å²) in [6.07, 6.45) is 3.96. The summed E-state index contributed by atoms with van der Waals surface area (Å²) in [6.45, 7) is 1.74. The summed E-state index contributed by atoms with van der Waals surface area (Å²) in [4.78, 5) is 0. The summed E-state index contributed by atoms with van der Waals surface area (Å²) in [5.41, 5.74) is 0.0879. The molecule has 1 aliphatic carbocycles. The van der Waals surface area contributed by atoms with Gasteiger partial charge in [-0.3, -0.25) is 4.68 Å². The third kappa shape index (κ3) is 3.54. The van der Waals surface area contributed by atoms with E-state index in [1.165, 1.54) is 4.68 Å². The van der Waals surface area contributed by atoms with Crippen LogP contribution in [0.3, 0.4) is 0 Å². The quantitative estimate of drug-likeness (QED) is 0.921. The number of hydrogen-bond donors (Lipinski definition) is 1. The molecule has 0 amide bonds. The zero-order chi connectivity index (χ0) is 15.0. The van der Waals surface area contributed by atoms with E-state index in [0.29, 0.717) is 29.3 Å². The fraction of sp³-hybridized carbons (Fsp3) is 0.769. The molecule has 20 heavy (non-hydrogen) atoms. The van der Waals surface area contributed by atoms with Gasteiger partial charge in [0.25, 0.3) is 0 Å². The van der Waals surface area contributed by atoms with E-state index < -0.39 is 15.4 Å². The summed E-state index contributed by atoms with van der Waals surface area (Å²) in [5, 5.41) is 14.9. The lowest BCUT2D eigenvalue weighted by atomic mass is 9.86. The molecule has 1 aliphatic rings. The number of aryl methyl sites for hydroxylation is 2. The third-order valence-corrected chi connectivity index (χ3v) is 6.09. The molecular formula is C13H21ClN2O3S. The SMILES string of the molecule is Cc1nn(C)c(Cl)c1CS(=O)(=O)CC1(O)CCCCC1. The van der Waals surface area contributed by atoms with Gasteiger partial charge in [-0.05, 0) is 19.8 Å². The van der Waals surface area contributed by atoms with Gasteiger partial charge in [0.05, 0.1) is 22.8 Å². The summed E-state index contributed by atoms with van der Waals surface area (Å²) >= 11 is 6.07. The van der Waals surface area contributed by atoms with Crippen LogP contribution in [0.15, 0.2) is 0 Å². The van der Waals surface area contributed by atoms with Crippen molar-refractivity contribution < 1.29 is 13.5 Å². The van der Waals surface area contributed by atoms with Crippen LogP contribution < -0.4 is 0 Å². The molecule has 114 valence electrons. The average molecular weight is 321 g/mol. The van der Waals surface area contributed by atoms with Gasteiger partial charge in [-0.25, -0.2) is 8.42 Å². The fourth-order valence-electron chi connectivity index (χ4n) is 2.87. The van der Waals surface area contributed by atoms with Crippen molar-refractivity contribution in [3.63, 3.8) is 0 Å². The zero-order valence-electron chi connectivity index (χ0n) is 11.9. The van der Waals surface area contributed by atoms with Crippen LogP contribution in [0.4, 0.5) is 0 Å². The number of sulfone groups is 1. The molecule has 2 rings (SSSR count). The second kappa shape index (κ2) is 5.66. The van der Waals surface area contributed by atoms with E-state index in [2.05, 4.69) is 5.10 Å². The average Bonchev–Trinajstić information content (AvgIpc) is 2.55. The van der Waals surface area contributed by atoms with E-state index >= 15 is 0 Å². The van der Waals surface area contributed by atoms with E-state index in [1.54, 1.807) is 14.0 Å². The normalized spacial score (nSPS) is 19.2. The summed E-state index contributed by atoms with van der Waals surface area (Å²) in [5.74, 6) is -0.349. The number of halogens is 1. The first-order valence-corrected chi connectivity index (χ1v) is 9.03. The Morgan fingerprint density at radius 2 is 1.95 bits per heavy atom. The number of hydrogen-bond acceptors (Lipinski definition) is 4. The Kier molecular flexibility index (Phi) is 4.47. The van der Waals surface area contributed by atoms with Gasteiger partial charge >= 0.3 is 0 Å². The van der Waals surface area contributed by atoms with E-state index in [1.807, 2.05) is 0 Å². The highest BCUT2D eigenvalue weighted by Crippen LogP contribution is 2.31. The first kappa shape index (κ1) is 15.8. The van der Waals surface area contributed by atoms with Crippen molar-refractivity contribution in [2.45, 2.75) is 50.4 Å². The van der Waals surface area contributed by atoms with Crippen molar-refractivity contribution in [2.75, 3.05) is 5.75 Å².